The van der Waals surface area contributed by atoms with Crippen LogP contribution in [0, 0.1) is 0 Å². The van der Waals surface area contributed by atoms with Gasteiger partial charge in [-0.3, -0.25) is 4.79 Å². The Kier molecular flexibility index (Phi) is 7.22. The molecule has 0 aliphatic heterocycles. The fourth-order valence-corrected chi connectivity index (χ4v) is 2.24. The molecule has 0 aliphatic carbocycles. The van der Waals surface area contributed by atoms with Crippen molar-refractivity contribution in [2.75, 3.05) is 13.2 Å². The molecule has 0 radical (unpaired) electrons. The summed E-state index contributed by atoms with van der Waals surface area (Å²) in [4.78, 5) is 12.2. The van der Waals surface area contributed by atoms with Crippen LogP contribution in [0.1, 0.15) is 13.3 Å². The van der Waals surface area contributed by atoms with Crippen molar-refractivity contribution in [2.45, 2.75) is 19.4 Å². The maximum absolute atomic E-state index is 12.2. The molecule has 2 rings (SSSR count). The zero-order valence-electron chi connectivity index (χ0n) is 13.3. The minimum absolute atomic E-state index is 0.174. The molecule has 0 saturated carbocycles. The van der Waals surface area contributed by atoms with E-state index in [1.54, 1.807) is 48.5 Å². The first-order chi connectivity index (χ1) is 11.6. The van der Waals surface area contributed by atoms with Gasteiger partial charge in [0.2, 0.25) is 0 Å². The monoisotopic (exact) mass is 367 g/mol. The molecule has 6 heteroatoms. The average molecular weight is 368 g/mol. The van der Waals surface area contributed by atoms with Gasteiger partial charge < -0.3 is 14.8 Å². The van der Waals surface area contributed by atoms with E-state index in [-0.39, 0.29) is 5.91 Å². The number of carbonyl (C=O) groups excluding carboxylic acids is 1. The SMILES string of the molecule is CCC(Oc1ccc(Cl)cc1)C(=O)NCCOc1ccc(Cl)cc1. The molecule has 1 atom stereocenters. The number of halogens is 2. The van der Waals surface area contributed by atoms with Gasteiger partial charge in [-0.25, -0.2) is 0 Å². The van der Waals surface area contributed by atoms with Crippen molar-refractivity contribution in [1.82, 2.24) is 5.32 Å². The summed E-state index contributed by atoms with van der Waals surface area (Å²) < 4.78 is 11.2. The van der Waals surface area contributed by atoms with E-state index in [9.17, 15) is 4.79 Å². The molecular weight excluding hydrogens is 349 g/mol. The lowest BCUT2D eigenvalue weighted by molar-refractivity contribution is -0.128. The van der Waals surface area contributed by atoms with Crippen molar-refractivity contribution >= 4 is 29.1 Å². The van der Waals surface area contributed by atoms with Gasteiger partial charge in [0.15, 0.2) is 6.10 Å². The van der Waals surface area contributed by atoms with E-state index in [1.807, 2.05) is 6.92 Å². The van der Waals surface area contributed by atoms with Crippen LogP contribution in [0.15, 0.2) is 48.5 Å². The van der Waals surface area contributed by atoms with Crippen molar-refractivity contribution < 1.29 is 14.3 Å². The molecular formula is C18H19Cl2NO3. The predicted molar refractivity (Wildman–Crippen MR) is 96.1 cm³/mol. The second-order valence-corrected chi connectivity index (χ2v) is 5.93. The Morgan fingerprint density at radius 2 is 1.54 bits per heavy atom. The van der Waals surface area contributed by atoms with Crippen LogP contribution in [0.2, 0.25) is 10.0 Å². The second-order valence-electron chi connectivity index (χ2n) is 5.06. The van der Waals surface area contributed by atoms with E-state index in [1.165, 1.54) is 0 Å². The summed E-state index contributed by atoms with van der Waals surface area (Å²) in [5, 5.41) is 4.08. The smallest absolute Gasteiger partial charge is 0.261 e. The highest BCUT2D eigenvalue weighted by atomic mass is 35.5. The molecule has 0 saturated heterocycles. The number of hydrogen-bond acceptors (Lipinski definition) is 3. The van der Waals surface area contributed by atoms with Crippen LogP contribution in [-0.4, -0.2) is 25.2 Å². The third-order valence-corrected chi connectivity index (χ3v) is 3.74. The maximum atomic E-state index is 12.2. The summed E-state index contributed by atoms with van der Waals surface area (Å²) in [5.41, 5.74) is 0. The van der Waals surface area contributed by atoms with Gasteiger partial charge in [0, 0.05) is 10.0 Å². The van der Waals surface area contributed by atoms with Crippen molar-refractivity contribution in [1.29, 1.82) is 0 Å². The first-order valence-corrected chi connectivity index (χ1v) is 8.42. The molecule has 0 bridgehead atoms. The lowest BCUT2D eigenvalue weighted by Crippen LogP contribution is -2.39. The molecule has 24 heavy (non-hydrogen) atoms. The van der Waals surface area contributed by atoms with E-state index in [0.29, 0.717) is 41.1 Å². The van der Waals surface area contributed by atoms with Gasteiger partial charge in [0.1, 0.15) is 18.1 Å². The van der Waals surface area contributed by atoms with Crippen molar-refractivity contribution in [3.05, 3.63) is 58.6 Å². The fraction of sp³-hybridized carbons (Fsp3) is 0.278. The minimum Gasteiger partial charge on any atom is -0.492 e. The minimum atomic E-state index is -0.554. The molecule has 2 aromatic rings. The van der Waals surface area contributed by atoms with E-state index >= 15 is 0 Å². The number of hydrogen-bond donors (Lipinski definition) is 1. The van der Waals surface area contributed by atoms with Gasteiger partial charge in [0.05, 0.1) is 6.54 Å². The summed E-state index contributed by atoms with van der Waals surface area (Å²) in [7, 11) is 0. The van der Waals surface area contributed by atoms with Crippen molar-refractivity contribution in [3.8, 4) is 11.5 Å². The van der Waals surface area contributed by atoms with E-state index in [4.69, 9.17) is 32.7 Å². The third-order valence-electron chi connectivity index (χ3n) is 3.24. The Balaban J connectivity index is 1.75. The van der Waals surface area contributed by atoms with Gasteiger partial charge in [-0.1, -0.05) is 30.1 Å². The number of nitrogens with one attached hydrogen (secondary N) is 1. The van der Waals surface area contributed by atoms with Crippen LogP contribution >= 0.6 is 23.2 Å². The highest BCUT2D eigenvalue weighted by Gasteiger charge is 2.17. The van der Waals surface area contributed by atoms with Crippen molar-refractivity contribution in [2.24, 2.45) is 0 Å². The topological polar surface area (TPSA) is 47.6 Å². The molecule has 0 aliphatic rings. The number of rotatable bonds is 8. The van der Waals surface area contributed by atoms with Crippen LogP contribution in [-0.2, 0) is 4.79 Å². The molecule has 1 unspecified atom stereocenters. The Bertz CT molecular complexity index is 644. The summed E-state index contributed by atoms with van der Waals surface area (Å²) in [6, 6.07) is 14.0. The number of benzene rings is 2. The Hall–Kier alpha value is -1.91. The summed E-state index contributed by atoms with van der Waals surface area (Å²) in [6.07, 6.45) is 0.00803. The highest BCUT2D eigenvalue weighted by Crippen LogP contribution is 2.18. The standard InChI is InChI=1S/C18H19Cl2NO3/c1-2-17(24-16-9-5-14(20)6-10-16)18(22)21-11-12-23-15-7-3-13(19)4-8-15/h3-10,17H,2,11-12H2,1H3,(H,21,22). The van der Waals surface area contributed by atoms with Gasteiger partial charge in [0.25, 0.3) is 5.91 Å². The zero-order chi connectivity index (χ0) is 17.4. The van der Waals surface area contributed by atoms with Crippen LogP contribution in [0.4, 0.5) is 0 Å². The van der Waals surface area contributed by atoms with Crippen LogP contribution in [0.5, 0.6) is 11.5 Å². The van der Waals surface area contributed by atoms with Crippen LogP contribution < -0.4 is 14.8 Å². The van der Waals surface area contributed by atoms with Gasteiger partial charge in [-0.05, 0) is 55.0 Å². The first kappa shape index (κ1) is 18.4. The van der Waals surface area contributed by atoms with Crippen LogP contribution in [0.25, 0.3) is 0 Å². The zero-order valence-corrected chi connectivity index (χ0v) is 14.8. The lowest BCUT2D eigenvalue weighted by Gasteiger charge is -2.17. The quantitative estimate of drug-likeness (QED) is 0.705. The molecule has 1 N–H and O–H groups in total. The predicted octanol–water partition coefficient (Wildman–Crippen LogP) is 4.35. The molecule has 0 heterocycles. The Morgan fingerprint density at radius 3 is 2.08 bits per heavy atom. The van der Waals surface area contributed by atoms with Crippen molar-refractivity contribution in [3.63, 3.8) is 0 Å². The van der Waals surface area contributed by atoms with Gasteiger partial charge in [-0.2, -0.15) is 0 Å². The molecule has 0 aromatic heterocycles. The highest BCUT2D eigenvalue weighted by molar-refractivity contribution is 6.30. The number of amides is 1. The maximum Gasteiger partial charge on any atom is 0.261 e. The van der Waals surface area contributed by atoms with E-state index in [0.717, 1.165) is 0 Å². The molecule has 128 valence electrons. The fourth-order valence-electron chi connectivity index (χ4n) is 1.99. The molecule has 2 aromatic carbocycles. The Morgan fingerprint density at radius 1 is 1.00 bits per heavy atom. The Labute approximate surface area is 151 Å². The van der Waals surface area contributed by atoms with Gasteiger partial charge in [-0.15, -0.1) is 0 Å². The van der Waals surface area contributed by atoms with E-state index in [2.05, 4.69) is 5.32 Å². The summed E-state index contributed by atoms with van der Waals surface area (Å²) >= 11 is 11.6. The second kappa shape index (κ2) is 9.40. The normalized spacial score (nSPS) is 11.6. The largest absolute Gasteiger partial charge is 0.492 e. The summed E-state index contributed by atoms with van der Waals surface area (Å²) in [5.74, 6) is 1.14. The first-order valence-electron chi connectivity index (χ1n) is 7.67. The molecule has 1 amide bonds. The van der Waals surface area contributed by atoms with E-state index < -0.39 is 6.10 Å². The molecule has 0 spiro atoms. The number of carbonyl (C=O) groups is 1. The number of ether oxygens (including phenoxy) is 2. The van der Waals surface area contributed by atoms with Crippen LogP contribution in [0.3, 0.4) is 0 Å². The molecule has 0 fully saturated rings. The summed E-state index contributed by atoms with van der Waals surface area (Å²) in [6.45, 7) is 2.65. The average Bonchev–Trinajstić information content (AvgIpc) is 2.59. The van der Waals surface area contributed by atoms with Gasteiger partial charge >= 0.3 is 0 Å². The molecule has 4 nitrogen and oxygen atoms in total. The lowest BCUT2D eigenvalue weighted by atomic mass is 10.2. The third kappa shape index (κ3) is 5.95.